The van der Waals surface area contributed by atoms with E-state index in [1.54, 1.807) is 17.3 Å². The van der Waals surface area contributed by atoms with Crippen LogP contribution in [0.4, 0.5) is 5.69 Å². The first-order valence-corrected chi connectivity index (χ1v) is 9.21. The van der Waals surface area contributed by atoms with Gasteiger partial charge in [0, 0.05) is 37.6 Å². The van der Waals surface area contributed by atoms with Gasteiger partial charge in [0.05, 0.1) is 12.0 Å². The number of likely N-dealkylation sites (tertiary alicyclic amines) is 1. The van der Waals surface area contributed by atoms with Gasteiger partial charge >= 0.3 is 0 Å². The number of aromatic nitrogens is 1. The van der Waals surface area contributed by atoms with Crippen molar-refractivity contribution >= 4 is 17.5 Å². The molecule has 134 valence electrons. The Labute approximate surface area is 153 Å². The first-order valence-electron chi connectivity index (χ1n) is 9.21. The molecule has 2 amide bonds. The summed E-state index contributed by atoms with van der Waals surface area (Å²) in [7, 11) is 0. The first kappa shape index (κ1) is 16.8. The summed E-state index contributed by atoms with van der Waals surface area (Å²) in [6.07, 6.45) is 5.81. The molecule has 26 heavy (non-hydrogen) atoms. The van der Waals surface area contributed by atoms with Crippen molar-refractivity contribution in [2.45, 2.75) is 32.2 Å². The molecule has 0 bridgehead atoms. The number of rotatable bonds is 3. The fourth-order valence-electron chi connectivity index (χ4n) is 4.04. The zero-order valence-electron chi connectivity index (χ0n) is 15.0. The third-order valence-electron chi connectivity index (χ3n) is 5.45. The normalized spacial score (nSPS) is 22.9. The van der Waals surface area contributed by atoms with Gasteiger partial charge in [-0.2, -0.15) is 0 Å². The molecule has 0 N–H and O–H groups in total. The third-order valence-corrected chi connectivity index (χ3v) is 5.45. The van der Waals surface area contributed by atoms with Crippen molar-refractivity contribution in [1.29, 1.82) is 0 Å². The maximum atomic E-state index is 13.1. The Morgan fingerprint density at radius 1 is 1.12 bits per heavy atom. The zero-order chi connectivity index (χ0) is 18.1. The van der Waals surface area contributed by atoms with Gasteiger partial charge in [-0.25, -0.2) is 0 Å². The Bertz CT molecular complexity index is 804. The molecule has 2 aliphatic heterocycles. The van der Waals surface area contributed by atoms with E-state index in [1.807, 2.05) is 48.2 Å². The highest BCUT2D eigenvalue weighted by atomic mass is 16.2. The van der Waals surface area contributed by atoms with E-state index in [0.717, 1.165) is 36.2 Å². The Morgan fingerprint density at radius 2 is 1.85 bits per heavy atom. The van der Waals surface area contributed by atoms with Crippen LogP contribution in [-0.4, -0.2) is 34.8 Å². The second kappa shape index (κ2) is 6.90. The van der Waals surface area contributed by atoms with Crippen molar-refractivity contribution in [2.75, 3.05) is 18.0 Å². The van der Waals surface area contributed by atoms with Gasteiger partial charge in [0.2, 0.25) is 11.8 Å². The molecule has 0 spiro atoms. The number of nitrogens with zero attached hydrogens (tertiary/aromatic N) is 3. The second-order valence-electron chi connectivity index (χ2n) is 7.21. The van der Waals surface area contributed by atoms with Crippen LogP contribution >= 0.6 is 0 Å². The minimum atomic E-state index is -0.258. The first-order chi connectivity index (χ1) is 12.6. The molecular weight excluding hydrogens is 326 g/mol. The molecule has 3 heterocycles. The molecule has 0 aliphatic carbocycles. The topological polar surface area (TPSA) is 53.5 Å². The van der Waals surface area contributed by atoms with Gasteiger partial charge in [-0.1, -0.05) is 17.7 Å². The van der Waals surface area contributed by atoms with Crippen LogP contribution in [0, 0.1) is 12.8 Å². The van der Waals surface area contributed by atoms with Gasteiger partial charge in [-0.3, -0.25) is 14.6 Å². The minimum Gasteiger partial charge on any atom is -0.335 e. The lowest BCUT2D eigenvalue weighted by atomic mass is 10.0. The summed E-state index contributed by atoms with van der Waals surface area (Å²) >= 11 is 0. The van der Waals surface area contributed by atoms with E-state index in [4.69, 9.17) is 0 Å². The standard InChI is InChI=1S/C21H23N3O2/c1-15-4-6-18(7-5-15)24-14-17(13-20(24)25)21(26)23-12-2-3-19(23)16-8-10-22-11-9-16/h4-11,17,19H,2-3,12-14H2,1H3/t17-,19-/m1/s1. The van der Waals surface area contributed by atoms with Crippen LogP contribution in [0.2, 0.25) is 0 Å². The number of pyridine rings is 1. The fourth-order valence-corrected chi connectivity index (χ4v) is 4.04. The van der Waals surface area contributed by atoms with E-state index in [1.165, 1.54) is 0 Å². The number of aryl methyl sites for hydroxylation is 1. The van der Waals surface area contributed by atoms with Crippen molar-refractivity contribution in [3.63, 3.8) is 0 Å². The summed E-state index contributed by atoms with van der Waals surface area (Å²) in [5.74, 6) is -0.120. The Kier molecular flexibility index (Phi) is 4.45. The summed E-state index contributed by atoms with van der Waals surface area (Å²) < 4.78 is 0. The number of carbonyl (C=O) groups excluding carboxylic acids is 2. The highest BCUT2D eigenvalue weighted by Gasteiger charge is 2.40. The number of anilines is 1. The average molecular weight is 349 g/mol. The van der Waals surface area contributed by atoms with Crippen LogP contribution in [0.15, 0.2) is 48.8 Å². The van der Waals surface area contributed by atoms with E-state index in [2.05, 4.69) is 4.98 Å². The minimum absolute atomic E-state index is 0.0341. The van der Waals surface area contributed by atoms with E-state index in [-0.39, 0.29) is 23.8 Å². The van der Waals surface area contributed by atoms with Crippen molar-refractivity contribution in [2.24, 2.45) is 5.92 Å². The van der Waals surface area contributed by atoms with Crippen LogP contribution in [-0.2, 0) is 9.59 Å². The highest BCUT2D eigenvalue weighted by molar-refractivity contribution is 6.00. The lowest BCUT2D eigenvalue weighted by molar-refractivity contribution is -0.136. The predicted molar refractivity (Wildman–Crippen MR) is 99.6 cm³/mol. The molecule has 4 rings (SSSR count). The summed E-state index contributed by atoms with van der Waals surface area (Å²) in [6, 6.07) is 12.0. The molecule has 1 aromatic carbocycles. The molecular formula is C21H23N3O2. The molecule has 5 nitrogen and oxygen atoms in total. The van der Waals surface area contributed by atoms with Gasteiger partial charge in [0.25, 0.3) is 0 Å². The predicted octanol–water partition coefficient (Wildman–Crippen LogP) is 3.11. The molecule has 5 heteroatoms. The molecule has 2 aromatic rings. The maximum absolute atomic E-state index is 13.1. The summed E-state index contributed by atoms with van der Waals surface area (Å²) in [6.45, 7) is 3.26. The number of amides is 2. The van der Waals surface area contributed by atoms with Gasteiger partial charge in [-0.05, 0) is 49.6 Å². The third kappa shape index (κ3) is 3.09. The average Bonchev–Trinajstić information content (AvgIpc) is 3.30. The largest absolute Gasteiger partial charge is 0.335 e. The molecule has 2 saturated heterocycles. The quantitative estimate of drug-likeness (QED) is 0.855. The molecule has 2 fully saturated rings. The van der Waals surface area contributed by atoms with Crippen molar-refractivity contribution in [1.82, 2.24) is 9.88 Å². The highest BCUT2D eigenvalue weighted by Crippen LogP contribution is 2.35. The summed E-state index contributed by atoms with van der Waals surface area (Å²) in [5.41, 5.74) is 3.17. The van der Waals surface area contributed by atoms with Crippen LogP contribution in [0.25, 0.3) is 0 Å². The van der Waals surface area contributed by atoms with E-state index in [9.17, 15) is 9.59 Å². The second-order valence-corrected chi connectivity index (χ2v) is 7.21. The lowest BCUT2D eigenvalue weighted by Gasteiger charge is -2.27. The van der Waals surface area contributed by atoms with E-state index < -0.39 is 0 Å². The number of hydrogen-bond donors (Lipinski definition) is 0. The molecule has 2 aliphatic rings. The molecule has 2 atom stereocenters. The molecule has 1 aromatic heterocycles. The lowest BCUT2D eigenvalue weighted by Crippen LogP contribution is -2.37. The number of hydrogen-bond acceptors (Lipinski definition) is 3. The summed E-state index contributed by atoms with van der Waals surface area (Å²) in [5, 5.41) is 0. The van der Waals surface area contributed by atoms with Crippen molar-refractivity contribution in [3.05, 3.63) is 59.9 Å². The van der Waals surface area contributed by atoms with Gasteiger partial charge in [-0.15, -0.1) is 0 Å². The SMILES string of the molecule is Cc1ccc(N2C[C@H](C(=O)N3CCC[C@@H]3c3ccncc3)CC2=O)cc1. The van der Waals surface area contributed by atoms with Crippen molar-refractivity contribution in [3.8, 4) is 0 Å². The Balaban J connectivity index is 1.50. The number of benzene rings is 1. The van der Waals surface area contributed by atoms with Crippen LogP contribution in [0.3, 0.4) is 0 Å². The van der Waals surface area contributed by atoms with Gasteiger partial charge < -0.3 is 9.80 Å². The van der Waals surface area contributed by atoms with Gasteiger partial charge in [0.15, 0.2) is 0 Å². The smallest absolute Gasteiger partial charge is 0.228 e. The zero-order valence-corrected chi connectivity index (χ0v) is 15.0. The maximum Gasteiger partial charge on any atom is 0.228 e. The number of carbonyl (C=O) groups is 2. The monoisotopic (exact) mass is 349 g/mol. The summed E-state index contributed by atoms with van der Waals surface area (Å²) in [4.78, 5) is 33.4. The fraction of sp³-hybridized carbons (Fsp3) is 0.381. The molecule has 0 unspecified atom stereocenters. The Morgan fingerprint density at radius 3 is 2.58 bits per heavy atom. The van der Waals surface area contributed by atoms with Gasteiger partial charge in [0.1, 0.15) is 0 Å². The van der Waals surface area contributed by atoms with Crippen LogP contribution in [0.5, 0.6) is 0 Å². The van der Waals surface area contributed by atoms with Crippen LogP contribution in [0.1, 0.15) is 36.4 Å². The molecule has 0 saturated carbocycles. The Hall–Kier alpha value is -2.69. The van der Waals surface area contributed by atoms with Crippen LogP contribution < -0.4 is 4.90 Å². The van der Waals surface area contributed by atoms with E-state index >= 15 is 0 Å². The van der Waals surface area contributed by atoms with Crippen molar-refractivity contribution < 1.29 is 9.59 Å². The molecule has 0 radical (unpaired) electrons. The van der Waals surface area contributed by atoms with E-state index in [0.29, 0.717) is 13.0 Å².